The van der Waals surface area contributed by atoms with Crippen LogP contribution >= 0.6 is 0 Å². The first-order chi connectivity index (χ1) is 13.3. The summed E-state index contributed by atoms with van der Waals surface area (Å²) < 4.78 is 0. The lowest BCUT2D eigenvalue weighted by Crippen LogP contribution is -2.49. The van der Waals surface area contributed by atoms with Crippen molar-refractivity contribution in [3.8, 4) is 0 Å². The quantitative estimate of drug-likeness (QED) is 0.730. The summed E-state index contributed by atoms with van der Waals surface area (Å²) in [6, 6.07) is 5.54. The number of aryl methyl sites for hydroxylation is 1. The number of benzene rings is 1. The Morgan fingerprint density at radius 2 is 1.64 bits per heavy atom. The number of fused-ring (bicyclic) bond motifs is 1. The third-order valence-corrected chi connectivity index (χ3v) is 5.82. The van der Waals surface area contributed by atoms with Gasteiger partial charge in [0.15, 0.2) is 0 Å². The van der Waals surface area contributed by atoms with Gasteiger partial charge in [0, 0.05) is 0 Å². The van der Waals surface area contributed by atoms with Crippen LogP contribution in [0.4, 0.5) is 0 Å². The Morgan fingerprint density at radius 1 is 1.11 bits per heavy atom. The van der Waals surface area contributed by atoms with E-state index in [2.05, 4.69) is 5.32 Å². The predicted molar refractivity (Wildman–Crippen MR) is 101 cm³/mol. The molecule has 1 aromatic rings. The van der Waals surface area contributed by atoms with Crippen LogP contribution in [0.15, 0.2) is 24.3 Å². The maximum absolute atomic E-state index is 12.8. The molecule has 7 heteroatoms. The van der Waals surface area contributed by atoms with Crippen molar-refractivity contribution < 1.29 is 24.3 Å². The third kappa shape index (κ3) is 3.93. The highest BCUT2D eigenvalue weighted by molar-refractivity contribution is 6.08. The molecule has 0 unspecified atom stereocenters. The Morgan fingerprint density at radius 3 is 2.14 bits per heavy atom. The summed E-state index contributed by atoms with van der Waals surface area (Å²) in [5.41, 5.74) is 1.69. The van der Waals surface area contributed by atoms with Gasteiger partial charge in [-0.1, -0.05) is 42.7 Å². The van der Waals surface area contributed by atoms with Crippen LogP contribution in [0, 0.1) is 18.8 Å². The number of rotatable bonds is 6. The average molecular weight is 386 g/mol. The lowest BCUT2D eigenvalue weighted by Gasteiger charge is -2.25. The highest BCUT2D eigenvalue weighted by Crippen LogP contribution is 2.38. The van der Waals surface area contributed by atoms with Gasteiger partial charge in [-0.15, -0.1) is 0 Å². The summed E-state index contributed by atoms with van der Waals surface area (Å²) in [5, 5.41) is 11.9. The third-order valence-electron chi connectivity index (χ3n) is 5.82. The van der Waals surface area contributed by atoms with Crippen molar-refractivity contribution in [2.45, 2.75) is 58.0 Å². The van der Waals surface area contributed by atoms with Gasteiger partial charge >= 0.3 is 5.97 Å². The number of hydrogen-bond acceptors (Lipinski definition) is 4. The summed E-state index contributed by atoms with van der Waals surface area (Å²) in [5.74, 6) is -2.75. The lowest BCUT2D eigenvalue weighted by molar-refractivity contribution is -0.148. The van der Waals surface area contributed by atoms with E-state index in [9.17, 15) is 24.3 Å². The van der Waals surface area contributed by atoms with Crippen LogP contribution in [0.2, 0.25) is 0 Å². The number of nitrogens with zero attached hydrogens (tertiary/aromatic N) is 1. The Balaban J connectivity index is 1.75. The monoisotopic (exact) mass is 386 g/mol. The second-order valence-corrected chi connectivity index (χ2v) is 7.79. The van der Waals surface area contributed by atoms with E-state index in [1.165, 1.54) is 6.92 Å². The van der Waals surface area contributed by atoms with Crippen LogP contribution < -0.4 is 5.32 Å². The molecule has 2 N–H and O–H groups in total. The number of carboxylic acids is 1. The van der Waals surface area contributed by atoms with Crippen molar-refractivity contribution >= 4 is 23.7 Å². The Kier molecular flexibility index (Phi) is 5.82. The van der Waals surface area contributed by atoms with Crippen LogP contribution in [0.1, 0.15) is 56.2 Å². The van der Waals surface area contributed by atoms with Crippen LogP contribution in [-0.4, -0.2) is 39.7 Å². The van der Waals surface area contributed by atoms with E-state index in [0.29, 0.717) is 18.4 Å². The molecular weight excluding hydrogens is 360 g/mol. The predicted octanol–water partition coefficient (Wildman–Crippen LogP) is 2.19. The van der Waals surface area contributed by atoms with Gasteiger partial charge in [0.05, 0.1) is 24.3 Å². The first-order valence-electron chi connectivity index (χ1n) is 9.75. The zero-order valence-electron chi connectivity index (χ0n) is 16.2. The smallest absolute Gasteiger partial charge is 0.305 e. The fourth-order valence-corrected chi connectivity index (χ4v) is 4.20. The van der Waals surface area contributed by atoms with Gasteiger partial charge in [-0.25, -0.2) is 0 Å². The minimum atomic E-state index is -1.04. The molecule has 4 atom stereocenters. The minimum absolute atomic E-state index is 0.275. The van der Waals surface area contributed by atoms with Gasteiger partial charge < -0.3 is 10.4 Å². The highest BCUT2D eigenvalue weighted by atomic mass is 16.4. The molecule has 0 radical (unpaired) electrons. The first kappa shape index (κ1) is 20.0. The van der Waals surface area contributed by atoms with E-state index in [1.54, 1.807) is 12.1 Å². The van der Waals surface area contributed by atoms with Gasteiger partial charge in [-0.05, 0) is 32.3 Å². The summed E-state index contributed by atoms with van der Waals surface area (Å²) in [7, 11) is 0. The Bertz CT molecular complexity index is 764. The standard InChI is InChI=1S/C21H26N2O5/c1-12-7-9-14(10-8-12)17(11-18(24)25)22-19(26)13(2)23-20(27)15-5-3-4-6-16(15)21(23)28/h7-10,13,15-17H,3-6,11H2,1-2H3,(H,22,26)(H,24,25)/t13-,15-,16+,17-/m1/s1. The van der Waals surface area contributed by atoms with Crippen LogP contribution in [0.3, 0.4) is 0 Å². The largest absolute Gasteiger partial charge is 0.481 e. The van der Waals surface area contributed by atoms with Gasteiger partial charge in [0.25, 0.3) is 0 Å². The molecule has 0 aromatic heterocycles. The maximum atomic E-state index is 12.8. The van der Waals surface area contributed by atoms with Gasteiger partial charge in [0.1, 0.15) is 6.04 Å². The average Bonchev–Trinajstić information content (AvgIpc) is 2.92. The number of amides is 3. The van der Waals surface area contributed by atoms with Gasteiger partial charge in [0.2, 0.25) is 17.7 Å². The van der Waals surface area contributed by atoms with E-state index < -0.39 is 24.0 Å². The van der Waals surface area contributed by atoms with E-state index >= 15 is 0 Å². The molecule has 1 saturated carbocycles. The summed E-state index contributed by atoms with van der Waals surface area (Å²) >= 11 is 0. The number of imide groups is 1. The molecule has 1 aromatic carbocycles. The van der Waals surface area contributed by atoms with Gasteiger partial charge in [-0.3, -0.25) is 24.1 Å². The molecule has 0 bridgehead atoms. The van der Waals surface area contributed by atoms with Crippen molar-refractivity contribution in [1.82, 2.24) is 10.2 Å². The fraction of sp³-hybridized carbons (Fsp3) is 0.524. The molecular formula is C21H26N2O5. The van der Waals surface area contributed by atoms with Crippen LogP contribution in [0.25, 0.3) is 0 Å². The molecule has 1 aliphatic heterocycles. The molecule has 28 heavy (non-hydrogen) atoms. The van der Waals surface area contributed by atoms with E-state index in [1.807, 2.05) is 19.1 Å². The normalized spacial score (nSPS) is 23.9. The SMILES string of the molecule is Cc1ccc([C@@H](CC(=O)O)NC(=O)[C@@H](C)N2C(=O)[C@H]3CCCC[C@H]3C2=O)cc1. The molecule has 1 saturated heterocycles. The summed E-state index contributed by atoms with van der Waals surface area (Å²) in [4.78, 5) is 50.6. The molecule has 1 heterocycles. The van der Waals surface area contributed by atoms with Crippen molar-refractivity contribution in [2.24, 2.45) is 11.8 Å². The van der Waals surface area contributed by atoms with E-state index in [0.717, 1.165) is 23.3 Å². The van der Waals surface area contributed by atoms with Crippen LogP contribution in [0.5, 0.6) is 0 Å². The molecule has 0 spiro atoms. The van der Waals surface area contributed by atoms with E-state index in [4.69, 9.17) is 0 Å². The number of aliphatic carboxylic acids is 1. The number of carboxylic acid groups (broad SMARTS) is 1. The number of carbonyl (C=O) groups excluding carboxylic acids is 3. The Labute approximate surface area is 164 Å². The van der Waals surface area contributed by atoms with Crippen molar-refractivity contribution in [3.05, 3.63) is 35.4 Å². The van der Waals surface area contributed by atoms with Crippen molar-refractivity contribution in [3.63, 3.8) is 0 Å². The van der Waals surface area contributed by atoms with Crippen LogP contribution in [-0.2, 0) is 19.2 Å². The molecule has 3 amide bonds. The minimum Gasteiger partial charge on any atom is -0.481 e. The highest BCUT2D eigenvalue weighted by Gasteiger charge is 2.50. The molecule has 7 nitrogen and oxygen atoms in total. The maximum Gasteiger partial charge on any atom is 0.305 e. The van der Waals surface area contributed by atoms with Gasteiger partial charge in [-0.2, -0.15) is 0 Å². The molecule has 2 aliphatic rings. The molecule has 2 fully saturated rings. The van der Waals surface area contributed by atoms with Crippen molar-refractivity contribution in [2.75, 3.05) is 0 Å². The number of hydrogen-bond donors (Lipinski definition) is 2. The zero-order valence-corrected chi connectivity index (χ0v) is 16.2. The van der Waals surface area contributed by atoms with Crippen molar-refractivity contribution in [1.29, 1.82) is 0 Å². The lowest BCUT2D eigenvalue weighted by atomic mass is 9.81. The first-order valence-corrected chi connectivity index (χ1v) is 9.75. The summed E-state index contributed by atoms with van der Waals surface area (Å²) in [6.07, 6.45) is 2.93. The second-order valence-electron chi connectivity index (χ2n) is 7.79. The molecule has 3 rings (SSSR count). The second kappa shape index (κ2) is 8.12. The summed E-state index contributed by atoms with van der Waals surface area (Å²) in [6.45, 7) is 3.44. The number of nitrogens with one attached hydrogen (secondary N) is 1. The number of carbonyl (C=O) groups is 4. The molecule has 1 aliphatic carbocycles. The number of likely N-dealkylation sites (tertiary alicyclic amines) is 1. The fourth-order valence-electron chi connectivity index (χ4n) is 4.20. The Hall–Kier alpha value is -2.70. The molecule has 150 valence electrons. The zero-order chi connectivity index (χ0) is 20.4. The van der Waals surface area contributed by atoms with E-state index in [-0.39, 0.29) is 30.1 Å². The topological polar surface area (TPSA) is 104 Å².